The molecular formula is C18H21N3O2. The third-order valence-corrected chi connectivity index (χ3v) is 4.39. The van der Waals surface area contributed by atoms with Gasteiger partial charge in [0.05, 0.1) is 22.6 Å². The third kappa shape index (κ3) is 3.35. The van der Waals surface area contributed by atoms with E-state index in [2.05, 4.69) is 10.3 Å². The molecule has 1 aromatic carbocycles. The Balaban J connectivity index is 1.74. The maximum atomic E-state index is 12.3. The number of aromatic nitrogens is 1. The largest absolute Gasteiger partial charge is 0.397 e. The Bertz CT molecular complexity index is 692. The van der Waals surface area contributed by atoms with Crippen LogP contribution in [0.1, 0.15) is 48.2 Å². The molecule has 23 heavy (non-hydrogen) atoms. The van der Waals surface area contributed by atoms with Crippen LogP contribution in [0.15, 0.2) is 42.6 Å². The molecule has 1 aromatic heterocycles. The molecule has 0 unspecified atom stereocenters. The summed E-state index contributed by atoms with van der Waals surface area (Å²) in [6.07, 6.45) is 6.14. The van der Waals surface area contributed by atoms with Gasteiger partial charge in [0.15, 0.2) is 0 Å². The fraction of sp³-hybridized carbons (Fsp3) is 0.333. The summed E-state index contributed by atoms with van der Waals surface area (Å²) in [5, 5.41) is 13.4. The summed E-state index contributed by atoms with van der Waals surface area (Å²) in [6.45, 7) is 0. The van der Waals surface area contributed by atoms with Gasteiger partial charge in [0, 0.05) is 6.20 Å². The minimum atomic E-state index is -0.850. The molecule has 120 valence electrons. The van der Waals surface area contributed by atoms with Gasteiger partial charge < -0.3 is 16.2 Å². The van der Waals surface area contributed by atoms with E-state index in [0.29, 0.717) is 22.6 Å². The van der Waals surface area contributed by atoms with E-state index in [1.807, 2.05) is 12.1 Å². The molecule has 0 spiro atoms. The van der Waals surface area contributed by atoms with Gasteiger partial charge in [-0.05, 0) is 37.1 Å². The Labute approximate surface area is 135 Å². The summed E-state index contributed by atoms with van der Waals surface area (Å²) < 4.78 is 0. The SMILES string of the molecule is Nc1ccccc1NC(=O)c1ccc(C2(O)CCCCC2)nc1. The van der Waals surface area contributed by atoms with Gasteiger partial charge in [-0.1, -0.05) is 31.4 Å². The lowest BCUT2D eigenvalue weighted by atomic mass is 9.82. The number of rotatable bonds is 3. The summed E-state index contributed by atoms with van der Waals surface area (Å²) in [7, 11) is 0. The number of amides is 1. The first-order chi connectivity index (χ1) is 11.1. The normalized spacial score (nSPS) is 16.7. The number of aliphatic hydroxyl groups is 1. The van der Waals surface area contributed by atoms with E-state index in [-0.39, 0.29) is 5.91 Å². The number of hydrogen-bond donors (Lipinski definition) is 3. The predicted octanol–water partition coefficient (Wildman–Crippen LogP) is 3.07. The monoisotopic (exact) mass is 311 g/mol. The number of nitrogen functional groups attached to an aromatic ring is 1. The smallest absolute Gasteiger partial charge is 0.257 e. The summed E-state index contributed by atoms with van der Waals surface area (Å²) in [5.74, 6) is -0.266. The van der Waals surface area contributed by atoms with Gasteiger partial charge in [-0.3, -0.25) is 9.78 Å². The highest BCUT2D eigenvalue weighted by Crippen LogP contribution is 2.35. The highest BCUT2D eigenvalue weighted by atomic mass is 16.3. The number of nitrogens with two attached hydrogens (primary N) is 1. The molecule has 1 heterocycles. The quantitative estimate of drug-likeness (QED) is 0.760. The van der Waals surface area contributed by atoms with Gasteiger partial charge >= 0.3 is 0 Å². The van der Waals surface area contributed by atoms with E-state index in [1.54, 1.807) is 24.3 Å². The van der Waals surface area contributed by atoms with Crippen molar-refractivity contribution in [1.82, 2.24) is 4.98 Å². The zero-order chi connectivity index (χ0) is 16.3. The van der Waals surface area contributed by atoms with Gasteiger partial charge in [0.1, 0.15) is 5.60 Å². The molecule has 5 nitrogen and oxygen atoms in total. The van der Waals surface area contributed by atoms with Gasteiger partial charge in [-0.2, -0.15) is 0 Å². The Kier molecular flexibility index (Phi) is 4.30. The van der Waals surface area contributed by atoms with E-state index in [9.17, 15) is 9.90 Å². The van der Waals surface area contributed by atoms with Crippen LogP contribution in [0.2, 0.25) is 0 Å². The van der Waals surface area contributed by atoms with Crippen molar-refractivity contribution >= 4 is 17.3 Å². The number of hydrogen-bond acceptors (Lipinski definition) is 4. The second kappa shape index (κ2) is 6.38. The number of nitrogens with one attached hydrogen (secondary N) is 1. The molecule has 1 fully saturated rings. The molecule has 0 radical (unpaired) electrons. The van der Waals surface area contributed by atoms with Gasteiger partial charge in [-0.15, -0.1) is 0 Å². The molecule has 3 rings (SSSR count). The molecule has 2 aromatic rings. The predicted molar refractivity (Wildman–Crippen MR) is 90.0 cm³/mol. The Morgan fingerprint density at radius 1 is 1.13 bits per heavy atom. The number of benzene rings is 1. The molecule has 1 amide bonds. The van der Waals surface area contributed by atoms with Crippen LogP contribution >= 0.6 is 0 Å². The fourth-order valence-corrected chi connectivity index (χ4v) is 3.00. The van der Waals surface area contributed by atoms with E-state index < -0.39 is 5.60 Å². The standard InChI is InChI=1S/C18H21N3O2/c19-14-6-2-3-7-15(14)21-17(22)13-8-9-16(20-12-13)18(23)10-4-1-5-11-18/h2-3,6-9,12,23H,1,4-5,10-11,19H2,(H,21,22). The highest BCUT2D eigenvalue weighted by Gasteiger charge is 2.32. The topological polar surface area (TPSA) is 88.2 Å². The van der Waals surface area contributed by atoms with Crippen molar-refractivity contribution < 1.29 is 9.90 Å². The zero-order valence-electron chi connectivity index (χ0n) is 13.0. The van der Waals surface area contributed by atoms with Crippen molar-refractivity contribution in [2.24, 2.45) is 0 Å². The van der Waals surface area contributed by atoms with E-state index in [0.717, 1.165) is 32.1 Å². The molecule has 5 heteroatoms. The lowest BCUT2D eigenvalue weighted by Gasteiger charge is -2.31. The number of pyridine rings is 1. The van der Waals surface area contributed by atoms with Gasteiger partial charge in [-0.25, -0.2) is 0 Å². The number of carbonyl (C=O) groups is 1. The van der Waals surface area contributed by atoms with Crippen molar-refractivity contribution in [3.05, 3.63) is 53.9 Å². The van der Waals surface area contributed by atoms with Crippen LogP contribution in [0.5, 0.6) is 0 Å². The van der Waals surface area contributed by atoms with Crippen LogP contribution in [0.25, 0.3) is 0 Å². The summed E-state index contributed by atoms with van der Waals surface area (Å²) >= 11 is 0. The first kappa shape index (κ1) is 15.5. The van der Waals surface area contributed by atoms with Crippen LogP contribution in [0.4, 0.5) is 11.4 Å². The van der Waals surface area contributed by atoms with Gasteiger partial charge in [0.2, 0.25) is 0 Å². The minimum absolute atomic E-state index is 0.266. The maximum Gasteiger partial charge on any atom is 0.257 e. The molecule has 0 bridgehead atoms. The Morgan fingerprint density at radius 3 is 2.52 bits per heavy atom. The molecule has 4 N–H and O–H groups in total. The van der Waals surface area contributed by atoms with E-state index in [4.69, 9.17) is 5.73 Å². The second-order valence-electron chi connectivity index (χ2n) is 6.07. The number of anilines is 2. The molecule has 0 saturated heterocycles. The number of para-hydroxylation sites is 2. The molecule has 1 saturated carbocycles. The Morgan fingerprint density at radius 2 is 1.87 bits per heavy atom. The lowest BCUT2D eigenvalue weighted by Crippen LogP contribution is -2.29. The first-order valence-electron chi connectivity index (χ1n) is 7.93. The molecule has 0 aliphatic heterocycles. The van der Waals surface area contributed by atoms with Crippen LogP contribution < -0.4 is 11.1 Å². The molecular weight excluding hydrogens is 290 g/mol. The third-order valence-electron chi connectivity index (χ3n) is 4.39. The number of carbonyl (C=O) groups excluding carboxylic acids is 1. The summed E-state index contributed by atoms with van der Waals surface area (Å²) in [6, 6.07) is 10.5. The van der Waals surface area contributed by atoms with Crippen molar-refractivity contribution in [3.8, 4) is 0 Å². The van der Waals surface area contributed by atoms with Crippen LogP contribution in [0.3, 0.4) is 0 Å². The molecule has 1 aliphatic rings. The van der Waals surface area contributed by atoms with Crippen molar-refractivity contribution in [1.29, 1.82) is 0 Å². The van der Waals surface area contributed by atoms with Crippen molar-refractivity contribution in [3.63, 3.8) is 0 Å². The minimum Gasteiger partial charge on any atom is -0.397 e. The van der Waals surface area contributed by atoms with E-state index >= 15 is 0 Å². The summed E-state index contributed by atoms with van der Waals surface area (Å²) in [4.78, 5) is 16.6. The zero-order valence-corrected chi connectivity index (χ0v) is 13.0. The number of nitrogens with zero attached hydrogens (tertiary/aromatic N) is 1. The van der Waals surface area contributed by atoms with Crippen molar-refractivity contribution in [2.75, 3.05) is 11.1 Å². The Hall–Kier alpha value is -2.40. The van der Waals surface area contributed by atoms with Crippen LogP contribution in [-0.2, 0) is 5.60 Å². The maximum absolute atomic E-state index is 12.3. The second-order valence-corrected chi connectivity index (χ2v) is 6.07. The molecule has 0 atom stereocenters. The van der Waals surface area contributed by atoms with E-state index in [1.165, 1.54) is 6.20 Å². The summed E-state index contributed by atoms with van der Waals surface area (Å²) in [5.41, 5.74) is 7.15. The van der Waals surface area contributed by atoms with Crippen LogP contribution in [0, 0.1) is 0 Å². The fourth-order valence-electron chi connectivity index (χ4n) is 3.00. The van der Waals surface area contributed by atoms with Gasteiger partial charge in [0.25, 0.3) is 5.91 Å². The van der Waals surface area contributed by atoms with Crippen LogP contribution in [-0.4, -0.2) is 16.0 Å². The molecule has 1 aliphatic carbocycles. The average molecular weight is 311 g/mol. The first-order valence-corrected chi connectivity index (χ1v) is 7.93. The average Bonchev–Trinajstić information content (AvgIpc) is 2.58. The van der Waals surface area contributed by atoms with Crippen molar-refractivity contribution in [2.45, 2.75) is 37.7 Å². The lowest BCUT2D eigenvalue weighted by molar-refractivity contribution is -0.00465. The highest BCUT2D eigenvalue weighted by molar-refractivity contribution is 6.05.